The Morgan fingerprint density at radius 2 is 1.86 bits per heavy atom. The van der Waals surface area contributed by atoms with Crippen molar-refractivity contribution < 1.29 is 23.5 Å². The monoisotopic (exact) mass is 385 g/mol. The highest BCUT2D eigenvalue weighted by molar-refractivity contribution is 5.83. The minimum absolute atomic E-state index is 0.244. The Morgan fingerprint density at radius 3 is 2.64 bits per heavy atom. The van der Waals surface area contributed by atoms with Crippen LogP contribution in [0, 0.1) is 5.82 Å². The van der Waals surface area contributed by atoms with Crippen molar-refractivity contribution >= 4 is 11.9 Å². The molecular formula is C22H24FNO4. The summed E-state index contributed by atoms with van der Waals surface area (Å²) < 4.78 is 23.5. The van der Waals surface area contributed by atoms with Gasteiger partial charge in [0.15, 0.2) is 12.7 Å². The highest BCUT2D eigenvalue weighted by atomic mass is 19.1. The predicted octanol–water partition coefficient (Wildman–Crippen LogP) is 2.98. The van der Waals surface area contributed by atoms with Gasteiger partial charge in [-0.1, -0.05) is 18.2 Å². The summed E-state index contributed by atoms with van der Waals surface area (Å²) in [5.74, 6) is -0.640. The molecule has 1 atom stereocenters. The van der Waals surface area contributed by atoms with Crippen LogP contribution in [0.1, 0.15) is 30.0 Å². The third kappa shape index (κ3) is 5.55. The van der Waals surface area contributed by atoms with Gasteiger partial charge in [0.2, 0.25) is 0 Å². The van der Waals surface area contributed by atoms with Crippen LogP contribution < -0.4 is 10.1 Å². The molecule has 1 N–H and O–H groups in total. The highest BCUT2D eigenvalue weighted by Crippen LogP contribution is 2.25. The van der Waals surface area contributed by atoms with Crippen molar-refractivity contribution in [3.05, 3.63) is 65.0 Å². The largest absolute Gasteiger partial charge is 0.482 e. The van der Waals surface area contributed by atoms with Crippen molar-refractivity contribution in [3.63, 3.8) is 0 Å². The van der Waals surface area contributed by atoms with E-state index >= 15 is 0 Å². The summed E-state index contributed by atoms with van der Waals surface area (Å²) in [6.07, 6.45) is 2.92. The molecule has 0 aromatic heterocycles. The van der Waals surface area contributed by atoms with Gasteiger partial charge in [-0.3, -0.25) is 4.79 Å². The van der Waals surface area contributed by atoms with Gasteiger partial charge >= 0.3 is 5.97 Å². The number of amides is 1. The first kappa shape index (κ1) is 19.9. The van der Waals surface area contributed by atoms with Crippen LogP contribution in [0.4, 0.5) is 4.39 Å². The van der Waals surface area contributed by atoms with E-state index in [1.165, 1.54) is 30.2 Å². The van der Waals surface area contributed by atoms with E-state index in [4.69, 9.17) is 9.47 Å². The number of nitrogens with one attached hydrogen (secondary N) is 1. The molecule has 1 aliphatic rings. The standard InChI is InChI=1S/C22H24FNO4/c1-15(22(26)24-12-11-16-5-8-19(23)9-6-16)28-21(25)14-27-20-10-7-17-3-2-4-18(17)13-20/h5-10,13,15H,2-4,11-12,14H2,1H3,(H,24,26)/t15-/m1/s1. The summed E-state index contributed by atoms with van der Waals surface area (Å²) in [5, 5.41) is 2.70. The average molecular weight is 385 g/mol. The molecule has 28 heavy (non-hydrogen) atoms. The van der Waals surface area contributed by atoms with Gasteiger partial charge in [-0.2, -0.15) is 0 Å². The fourth-order valence-electron chi connectivity index (χ4n) is 3.19. The molecule has 1 amide bonds. The zero-order chi connectivity index (χ0) is 19.9. The van der Waals surface area contributed by atoms with E-state index in [-0.39, 0.29) is 18.3 Å². The van der Waals surface area contributed by atoms with E-state index in [9.17, 15) is 14.0 Å². The van der Waals surface area contributed by atoms with Gasteiger partial charge in [0.05, 0.1) is 0 Å². The van der Waals surface area contributed by atoms with Crippen LogP contribution in [0.5, 0.6) is 5.75 Å². The Hall–Kier alpha value is -2.89. The number of hydrogen-bond donors (Lipinski definition) is 1. The van der Waals surface area contributed by atoms with Crippen LogP contribution in [-0.4, -0.2) is 31.1 Å². The summed E-state index contributed by atoms with van der Waals surface area (Å²) in [4.78, 5) is 24.0. The number of fused-ring (bicyclic) bond motifs is 1. The number of hydrogen-bond acceptors (Lipinski definition) is 4. The molecule has 0 radical (unpaired) electrons. The molecule has 0 spiro atoms. The lowest BCUT2D eigenvalue weighted by atomic mass is 10.1. The molecule has 1 aliphatic carbocycles. The normalized spacial score (nSPS) is 13.5. The van der Waals surface area contributed by atoms with E-state index in [2.05, 4.69) is 5.32 Å². The summed E-state index contributed by atoms with van der Waals surface area (Å²) in [5.41, 5.74) is 3.51. The van der Waals surface area contributed by atoms with E-state index in [1.807, 2.05) is 18.2 Å². The van der Waals surface area contributed by atoms with Crippen LogP contribution in [0.15, 0.2) is 42.5 Å². The smallest absolute Gasteiger partial charge is 0.344 e. The van der Waals surface area contributed by atoms with Gasteiger partial charge in [-0.25, -0.2) is 9.18 Å². The number of ether oxygens (including phenoxy) is 2. The molecule has 0 heterocycles. The van der Waals surface area contributed by atoms with Crippen LogP contribution >= 0.6 is 0 Å². The first-order chi connectivity index (χ1) is 13.5. The number of halogens is 1. The molecule has 0 bridgehead atoms. The fraction of sp³-hybridized carbons (Fsp3) is 0.364. The minimum atomic E-state index is -0.913. The maximum absolute atomic E-state index is 12.9. The van der Waals surface area contributed by atoms with Crippen molar-refractivity contribution in [1.29, 1.82) is 0 Å². The maximum atomic E-state index is 12.9. The first-order valence-corrected chi connectivity index (χ1v) is 9.47. The first-order valence-electron chi connectivity index (χ1n) is 9.47. The average Bonchev–Trinajstić information content (AvgIpc) is 3.15. The fourth-order valence-corrected chi connectivity index (χ4v) is 3.19. The Labute approximate surface area is 163 Å². The summed E-state index contributed by atoms with van der Waals surface area (Å²) >= 11 is 0. The van der Waals surface area contributed by atoms with Crippen molar-refractivity contribution in [3.8, 4) is 5.75 Å². The van der Waals surface area contributed by atoms with Crippen LogP contribution in [-0.2, 0) is 33.6 Å². The molecule has 0 aliphatic heterocycles. The second-order valence-electron chi connectivity index (χ2n) is 6.87. The van der Waals surface area contributed by atoms with E-state index in [1.54, 1.807) is 12.1 Å². The topological polar surface area (TPSA) is 64.6 Å². The lowest BCUT2D eigenvalue weighted by Crippen LogP contribution is -2.37. The molecule has 3 rings (SSSR count). The lowest BCUT2D eigenvalue weighted by molar-refractivity contribution is -0.156. The zero-order valence-electron chi connectivity index (χ0n) is 15.9. The van der Waals surface area contributed by atoms with Crippen molar-refractivity contribution in [2.24, 2.45) is 0 Å². The molecule has 0 unspecified atom stereocenters. The Morgan fingerprint density at radius 1 is 1.11 bits per heavy atom. The second-order valence-corrected chi connectivity index (χ2v) is 6.87. The quantitative estimate of drug-likeness (QED) is 0.710. The van der Waals surface area contributed by atoms with Crippen molar-refractivity contribution in [1.82, 2.24) is 5.32 Å². The van der Waals surface area contributed by atoms with Crippen molar-refractivity contribution in [2.45, 2.75) is 38.7 Å². The van der Waals surface area contributed by atoms with E-state index in [0.717, 1.165) is 24.8 Å². The molecule has 2 aromatic rings. The van der Waals surface area contributed by atoms with E-state index in [0.29, 0.717) is 18.7 Å². The molecule has 0 fully saturated rings. The summed E-state index contributed by atoms with van der Waals surface area (Å²) in [6.45, 7) is 1.64. The number of benzene rings is 2. The van der Waals surface area contributed by atoms with Gasteiger partial charge < -0.3 is 14.8 Å². The highest BCUT2D eigenvalue weighted by Gasteiger charge is 2.18. The summed E-state index contributed by atoms with van der Waals surface area (Å²) in [6, 6.07) is 11.9. The predicted molar refractivity (Wildman–Crippen MR) is 103 cm³/mol. The number of carbonyl (C=O) groups excluding carboxylic acids is 2. The Kier molecular flexibility index (Phi) is 6.63. The number of aryl methyl sites for hydroxylation is 2. The van der Waals surface area contributed by atoms with Gasteiger partial charge in [0, 0.05) is 6.54 Å². The third-order valence-electron chi connectivity index (χ3n) is 4.73. The number of carbonyl (C=O) groups is 2. The SMILES string of the molecule is C[C@@H](OC(=O)COc1ccc2c(c1)CCC2)C(=O)NCCc1ccc(F)cc1. The van der Waals surface area contributed by atoms with E-state index < -0.39 is 12.1 Å². The molecule has 0 saturated heterocycles. The van der Waals surface area contributed by atoms with Crippen LogP contribution in [0.25, 0.3) is 0 Å². The minimum Gasteiger partial charge on any atom is -0.482 e. The second kappa shape index (κ2) is 9.35. The van der Waals surface area contributed by atoms with Crippen LogP contribution in [0.3, 0.4) is 0 Å². The van der Waals surface area contributed by atoms with Crippen LogP contribution in [0.2, 0.25) is 0 Å². The summed E-state index contributed by atoms with van der Waals surface area (Å²) in [7, 11) is 0. The molecular weight excluding hydrogens is 361 g/mol. The molecule has 148 valence electrons. The molecule has 0 saturated carbocycles. The third-order valence-corrected chi connectivity index (χ3v) is 4.73. The molecule has 6 heteroatoms. The van der Waals surface area contributed by atoms with Gasteiger partial charge in [-0.15, -0.1) is 0 Å². The number of rotatable bonds is 8. The number of esters is 1. The van der Waals surface area contributed by atoms with Crippen molar-refractivity contribution in [2.75, 3.05) is 13.2 Å². The Bertz CT molecular complexity index is 835. The van der Waals surface area contributed by atoms with Gasteiger partial charge in [0.1, 0.15) is 11.6 Å². The molecule has 5 nitrogen and oxygen atoms in total. The van der Waals surface area contributed by atoms with Gasteiger partial charge in [0.25, 0.3) is 5.91 Å². The molecule has 2 aromatic carbocycles. The zero-order valence-corrected chi connectivity index (χ0v) is 15.9. The maximum Gasteiger partial charge on any atom is 0.344 e. The Balaban J connectivity index is 1.37. The van der Waals surface area contributed by atoms with Gasteiger partial charge in [-0.05, 0) is 73.6 Å². The lowest BCUT2D eigenvalue weighted by Gasteiger charge is -2.14.